The molecule has 2 aliphatic heterocycles. The summed E-state index contributed by atoms with van der Waals surface area (Å²) in [6.07, 6.45) is 7.71. The van der Waals surface area contributed by atoms with Gasteiger partial charge in [-0.3, -0.25) is 9.69 Å². The minimum Gasteiger partial charge on any atom is -0.336 e. The maximum absolute atomic E-state index is 12.4. The Kier molecular flexibility index (Phi) is 4.17. The number of aromatic nitrogens is 2. The van der Waals surface area contributed by atoms with Crippen molar-refractivity contribution in [2.45, 2.75) is 31.7 Å². The zero-order chi connectivity index (χ0) is 13.9. The maximum Gasteiger partial charge on any atom is 0.274 e. The first kappa shape index (κ1) is 13.8. The van der Waals surface area contributed by atoms with Gasteiger partial charge in [-0.15, -0.1) is 0 Å². The fourth-order valence-corrected chi connectivity index (χ4v) is 3.23. The molecule has 0 aromatic carbocycles. The van der Waals surface area contributed by atoms with Crippen molar-refractivity contribution in [2.24, 2.45) is 0 Å². The summed E-state index contributed by atoms with van der Waals surface area (Å²) in [5.74, 6) is -0.0296. The van der Waals surface area contributed by atoms with Crippen LogP contribution in [0.5, 0.6) is 0 Å². The average Bonchev–Trinajstić information content (AvgIpc) is 3.02. The fourth-order valence-electron chi connectivity index (χ4n) is 3.13. The molecule has 0 aliphatic carbocycles. The van der Waals surface area contributed by atoms with E-state index in [0.717, 1.165) is 19.5 Å². The number of likely N-dealkylation sites (tertiary alicyclic amines) is 2. The number of nitrogens with zero attached hydrogens (tertiary/aromatic N) is 4. The molecule has 5 nitrogen and oxygen atoms in total. The molecule has 2 aliphatic rings. The van der Waals surface area contributed by atoms with E-state index in [1.165, 1.54) is 44.7 Å². The predicted molar refractivity (Wildman–Crippen MR) is 76.8 cm³/mol. The number of amides is 1. The lowest BCUT2D eigenvalue weighted by Crippen LogP contribution is -2.49. The Morgan fingerprint density at radius 3 is 2.65 bits per heavy atom. The molecule has 1 unspecified atom stereocenters. The summed E-state index contributed by atoms with van der Waals surface area (Å²) in [5, 5.41) is 0.315. The Morgan fingerprint density at radius 1 is 1.15 bits per heavy atom. The van der Waals surface area contributed by atoms with Crippen molar-refractivity contribution in [3.8, 4) is 0 Å². The van der Waals surface area contributed by atoms with Crippen LogP contribution in [0.2, 0.25) is 5.15 Å². The first-order valence-corrected chi connectivity index (χ1v) is 7.63. The van der Waals surface area contributed by atoms with Crippen LogP contribution in [0.4, 0.5) is 0 Å². The summed E-state index contributed by atoms with van der Waals surface area (Å²) in [6, 6.07) is 0.510. The Labute approximate surface area is 123 Å². The number of hydrogen-bond donors (Lipinski definition) is 0. The van der Waals surface area contributed by atoms with Crippen molar-refractivity contribution in [2.75, 3.05) is 26.2 Å². The van der Waals surface area contributed by atoms with E-state index in [0.29, 0.717) is 16.9 Å². The Balaban J connectivity index is 1.66. The van der Waals surface area contributed by atoms with Gasteiger partial charge in [0.15, 0.2) is 0 Å². The highest BCUT2D eigenvalue weighted by Gasteiger charge is 2.30. The summed E-state index contributed by atoms with van der Waals surface area (Å²) < 4.78 is 0. The maximum atomic E-state index is 12.4. The number of carbonyl (C=O) groups excluding carboxylic acids is 1. The lowest BCUT2D eigenvalue weighted by Gasteiger charge is -2.37. The van der Waals surface area contributed by atoms with Crippen LogP contribution in [0.15, 0.2) is 12.4 Å². The van der Waals surface area contributed by atoms with Crippen LogP contribution < -0.4 is 0 Å². The molecule has 1 amide bonds. The third-order valence-electron chi connectivity index (χ3n) is 4.18. The zero-order valence-corrected chi connectivity index (χ0v) is 12.2. The molecule has 1 aromatic heterocycles. The first-order valence-electron chi connectivity index (χ1n) is 7.25. The number of hydrogen-bond acceptors (Lipinski definition) is 4. The van der Waals surface area contributed by atoms with Crippen molar-refractivity contribution in [1.29, 1.82) is 0 Å². The second kappa shape index (κ2) is 6.06. The molecule has 108 valence electrons. The first-order chi connectivity index (χ1) is 9.74. The third kappa shape index (κ3) is 2.94. The molecule has 0 bridgehead atoms. The standard InChI is InChI=1S/C14H19ClN4O/c15-13-9-16-12(8-17-13)14(20)19-7-3-4-11(10-19)18-5-1-2-6-18/h8-9,11H,1-7,10H2. The molecule has 1 aromatic rings. The predicted octanol–water partition coefficient (Wildman–Crippen LogP) is 1.83. The van der Waals surface area contributed by atoms with E-state index >= 15 is 0 Å². The molecule has 2 saturated heterocycles. The molecular formula is C14H19ClN4O. The van der Waals surface area contributed by atoms with Crippen LogP contribution in [0.25, 0.3) is 0 Å². The summed E-state index contributed by atoms with van der Waals surface area (Å²) in [4.78, 5) is 24.9. The number of rotatable bonds is 2. The van der Waals surface area contributed by atoms with E-state index in [4.69, 9.17) is 11.6 Å². The van der Waals surface area contributed by atoms with Gasteiger partial charge in [0, 0.05) is 19.1 Å². The Bertz CT molecular complexity index is 473. The summed E-state index contributed by atoms with van der Waals surface area (Å²) in [6.45, 7) is 3.97. The highest BCUT2D eigenvalue weighted by molar-refractivity contribution is 6.29. The van der Waals surface area contributed by atoms with E-state index in [9.17, 15) is 4.79 Å². The van der Waals surface area contributed by atoms with Crippen molar-refractivity contribution in [1.82, 2.24) is 19.8 Å². The van der Waals surface area contributed by atoms with E-state index in [2.05, 4.69) is 14.9 Å². The molecule has 6 heteroatoms. The molecule has 2 fully saturated rings. The average molecular weight is 295 g/mol. The van der Waals surface area contributed by atoms with Crippen LogP contribution in [0, 0.1) is 0 Å². The van der Waals surface area contributed by atoms with Gasteiger partial charge in [-0.05, 0) is 38.8 Å². The van der Waals surface area contributed by atoms with Gasteiger partial charge in [-0.25, -0.2) is 9.97 Å². The summed E-state index contributed by atoms with van der Waals surface area (Å²) in [5.41, 5.74) is 0.386. The normalized spacial score (nSPS) is 24.1. The quantitative estimate of drug-likeness (QED) is 0.835. The van der Waals surface area contributed by atoms with E-state index in [1.54, 1.807) is 0 Å². The number of carbonyl (C=O) groups is 1. The topological polar surface area (TPSA) is 49.3 Å². The smallest absolute Gasteiger partial charge is 0.274 e. The molecule has 20 heavy (non-hydrogen) atoms. The van der Waals surface area contributed by atoms with Crippen LogP contribution in [-0.2, 0) is 0 Å². The number of piperidine rings is 1. The minimum absolute atomic E-state index is 0.0296. The van der Waals surface area contributed by atoms with Crippen LogP contribution in [0.3, 0.4) is 0 Å². The molecular weight excluding hydrogens is 276 g/mol. The lowest BCUT2D eigenvalue weighted by molar-refractivity contribution is 0.0602. The SMILES string of the molecule is O=C(c1cnc(Cl)cn1)N1CCCC(N2CCCC2)C1. The van der Waals surface area contributed by atoms with Gasteiger partial charge in [0.25, 0.3) is 5.91 Å². The third-order valence-corrected chi connectivity index (χ3v) is 4.38. The van der Waals surface area contributed by atoms with Gasteiger partial charge in [-0.2, -0.15) is 0 Å². The highest BCUT2D eigenvalue weighted by atomic mass is 35.5. The summed E-state index contributed by atoms with van der Waals surface area (Å²) in [7, 11) is 0. The second-order valence-electron chi connectivity index (χ2n) is 5.51. The van der Waals surface area contributed by atoms with E-state index < -0.39 is 0 Å². The van der Waals surface area contributed by atoms with Gasteiger partial charge >= 0.3 is 0 Å². The molecule has 3 heterocycles. The van der Waals surface area contributed by atoms with Crippen molar-refractivity contribution >= 4 is 17.5 Å². The lowest BCUT2D eigenvalue weighted by atomic mass is 10.0. The highest BCUT2D eigenvalue weighted by Crippen LogP contribution is 2.21. The molecule has 1 atom stereocenters. The monoisotopic (exact) mass is 294 g/mol. The number of halogens is 1. The molecule has 0 radical (unpaired) electrons. The molecule has 3 rings (SSSR count). The van der Waals surface area contributed by atoms with Gasteiger partial charge in [0.2, 0.25) is 0 Å². The van der Waals surface area contributed by atoms with Crippen LogP contribution in [0.1, 0.15) is 36.2 Å². The fraction of sp³-hybridized carbons (Fsp3) is 0.643. The van der Waals surface area contributed by atoms with E-state index in [1.807, 2.05) is 4.90 Å². The van der Waals surface area contributed by atoms with E-state index in [-0.39, 0.29) is 5.91 Å². The van der Waals surface area contributed by atoms with Gasteiger partial charge < -0.3 is 4.90 Å². The van der Waals surface area contributed by atoms with Crippen molar-refractivity contribution in [3.63, 3.8) is 0 Å². The zero-order valence-electron chi connectivity index (χ0n) is 11.5. The Morgan fingerprint density at radius 2 is 1.95 bits per heavy atom. The van der Waals surface area contributed by atoms with Crippen molar-refractivity contribution < 1.29 is 4.79 Å². The van der Waals surface area contributed by atoms with Gasteiger partial charge in [-0.1, -0.05) is 11.6 Å². The van der Waals surface area contributed by atoms with Crippen molar-refractivity contribution in [3.05, 3.63) is 23.2 Å². The van der Waals surface area contributed by atoms with Crippen LogP contribution in [-0.4, -0.2) is 57.9 Å². The largest absolute Gasteiger partial charge is 0.336 e. The minimum atomic E-state index is -0.0296. The summed E-state index contributed by atoms with van der Waals surface area (Å²) >= 11 is 5.71. The Hall–Kier alpha value is -1.20. The van der Waals surface area contributed by atoms with Gasteiger partial charge in [0.05, 0.1) is 12.4 Å². The van der Waals surface area contributed by atoms with Gasteiger partial charge in [0.1, 0.15) is 10.8 Å². The van der Waals surface area contributed by atoms with Crippen LogP contribution >= 0.6 is 11.6 Å². The molecule has 0 spiro atoms. The second-order valence-corrected chi connectivity index (χ2v) is 5.90. The molecule has 0 N–H and O–H groups in total. The molecule has 0 saturated carbocycles.